The molecule has 3 aromatic carbocycles. The van der Waals surface area contributed by atoms with Gasteiger partial charge in [-0.2, -0.15) is 0 Å². The maximum atomic E-state index is 12.9. The van der Waals surface area contributed by atoms with Crippen LogP contribution in [0, 0.1) is 6.92 Å². The van der Waals surface area contributed by atoms with Crippen molar-refractivity contribution in [3.63, 3.8) is 0 Å². The molecule has 0 saturated heterocycles. The molecule has 3 aromatic rings. The van der Waals surface area contributed by atoms with E-state index >= 15 is 0 Å². The van der Waals surface area contributed by atoms with Gasteiger partial charge in [0.2, 0.25) is 0 Å². The highest BCUT2D eigenvalue weighted by Crippen LogP contribution is 2.32. The minimum Gasteiger partial charge on any atom is -0.308 e. The first kappa shape index (κ1) is 19.2. The summed E-state index contributed by atoms with van der Waals surface area (Å²) in [6, 6.07) is 20.3. The molecule has 1 aliphatic heterocycles. The van der Waals surface area contributed by atoms with Crippen LogP contribution in [0.4, 0.5) is 21.9 Å². The second kappa shape index (κ2) is 8.09. The van der Waals surface area contributed by atoms with Crippen LogP contribution in [0.5, 0.6) is 0 Å². The molecule has 0 bridgehead atoms. The smallest absolute Gasteiger partial charge is 0.308 e. The van der Waals surface area contributed by atoms with Crippen LogP contribution in [0.1, 0.15) is 21.5 Å². The Morgan fingerprint density at radius 3 is 2.38 bits per heavy atom. The third-order valence-electron chi connectivity index (χ3n) is 4.86. The fraction of sp³-hybridized carbons (Fsp3) is 0.130. The zero-order chi connectivity index (χ0) is 20.4. The summed E-state index contributed by atoms with van der Waals surface area (Å²) < 4.78 is 0.887. The highest BCUT2D eigenvalue weighted by atomic mass is 79.9. The van der Waals surface area contributed by atoms with Crippen molar-refractivity contribution in [1.29, 1.82) is 0 Å². The molecular formula is C23H20BrN3O2. The number of nitrogens with zero attached hydrogens (tertiary/aromatic N) is 1. The number of nitrogens with one attached hydrogen (secondary N) is 2. The SMILES string of the molecule is Cc1ccc(C(=O)N2CCc3ccc(NC(=O)Nc4cccc(Br)c4)cc32)cc1. The van der Waals surface area contributed by atoms with Crippen LogP contribution in [-0.2, 0) is 6.42 Å². The fourth-order valence-electron chi connectivity index (χ4n) is 3.38. The number of carbonyl (C=O) groups is 2. The van der Waals surface area contributed by atoms with Crippen molar-refractivity contribution in [2.45, 2.75) is 13.3 Å². The van der Waals surface area contributed by atoms with Gasteiger partial charge in [0.15, 0.2) is 0 Å². The van der Waals surface area contributed by atoms with Crippen molar-refractivity contribution in [3.05, 3.63) is 87.9 Å². The molecule has 5 nitrogen and oxygen atoms in total. The van der Waals surface area contributed by atoms with E-state index in [0.717, 1.165) is 27.7 Å². The molecule has 0 radical (unpaired) electrons. The minimum atomic E-state index is -0.336. The molecule has 1 heterocycles. The summed E-state index contributed by atoms with van der Waals surface area (Å²) in [4.78, 5) is 27.1. The molecule has 0 aromatic heterocycles. The van der Waals surface area contributed by atoms with Crippen molar-refractivity contribution in [2.24, 2.45) is 0 Å². The van der Waals surface area contributed by atoms with Crippen molar-refractivity contribution >= 4 is 44.9 Å². The maximum Gasteiger partial charge on any atom is 0.323 e. The summed E-state index contributed by atoms with van der Waals surface area (Å²) in [6.45, 7) is 2.63. The monoisotopic (exact) mass is 449 g/mol. The van der Waals surface area contributed by atoms with Crippen molar-refractivity contribution < 1.29 is 9.59 Å². The predicted octanol–water partition coefficient (Wildman–Crippen LogP) is 5.60. The summed E-state index contributed by atoms with van der Waals surface area (Å²) in [5.74, 6) is -0.0283. The molecule has 4 rings (SSSR count). The second-order valence-corrected chi connectivity index (χ2v) is 7.92. The summed E-state index contributed by atoms with van der Waals surface area (Å²) in [5.41, 5.74) is 5.05. The lowest BCUT2D eigenvalue weighted by Crippen LogP contribution is -2.29. The van der Waals surface area contributed by atoms with Gasteiger partial charge in [-0.25, -0.2) is 4.79 Å². The van der Waals surface area contributed by atoms with Gasteiger partial charge in [0.1, 0.15) is 0 Å². The van der Waals surface area contributed by atoms with E-state index < -0.39 is 0 Å². The summed E-state index contributed by atoms with van der Waals surface area (Å²) in [6.07, 6.45) is 0.803. The lowest BCUT2D eigenvalue weighted by molar-refractivity contribution is 0.0989. The Bertz CT molecular complexity index is 1080. The highest BCUT2D eigenvalue weighted by Gasteiger charge is 2.26. The van der Waals surface area contributed by atoms with Crippen LogP contribution in [-0.4, -0.2) is 18.5 Å². The number of fused-ring (bicyclic) bond motifs is 1. The average Bonchev–Trinajstić information content (AvgIpc) is 3.11. The fourth-order valence-corrected chi connectivity index (χ4v) is 3.78. The normalized spacial score (nSPS) is 12.4. The molecule has 0 unspecified atom stereocenters. The molecule has 29 heavy (non-hydrogen) atoms. The van der Waals surface area contributed by atoms with E-state index in [1.807, 2.05) is 73.7 Å². The first-order chi connectivity index (χ1) is 14.0. The van der Waals surface area contributed by atoms with E-state index in [9.17, 15) is 9.59 Å². The number of aryl methyl sites for hydroxylation is 1. The minimum absolute atomic E-state index is 0.0283. The molecular weight excluding hydrogens is 430 g/mol. The van der Waals surface area contributed by atoms with Crippen LogP contribution < -0.4 is 15.5 Å². The van der Waals surface area contributed by atoms with E-state index in [4.69, 9.17) is 0 Å². The van der Waals surface area contributed by atoms with Crippen LogP contribution in [0.3, 0.4) is 0 Å². The second-order valence-electron chi connectivity index (χ2n) is 7.01. The van der Waals surface area contributed by atoms with Gasteiger partial charge in [-0.1, -0.05) is 45.8 Å². The molecule has 0 fully saturated rings. The number of carbonyl (C=O) groups excluding carboxylic acids is 2. The lowest BCUT2D eigenvalue weighted by Gasteiger charge is -2.18. The largest absolute Gasteiger partial charge is 0.323 e. The Balaban J connectivity index is 1.50. The van der Waals surface area contributed by atoms with Crippen molar-refractivity contribution in [2.75, 3.05) is 22.1 Å². The van der Waals surface area contributed by atoms with E-state index in [2.05, 4.69) is 26.6 Å². The number of urea groups is 1. The van der Waals surface area contributed by atoms with Gasteiger partial charge in [0.05, 0.1) is 0 Å². The molecule has 2 N–H and O–H groups in total. The Morgan fingerprint density at radius 2 is 1.66 bits per heavy atom. The number of halogens is 1. The number of hydrogen-bond donors (Lipinski definition) is 2. The third-order valence-corrected chi connectivity index (χ3v) is 5.36. The van der Waals surface area contributed by atoms with Crippen LogP contribution in [0.15, 0.2) is 71.2 Å². The number of hydrogen-bond acceptors (Lipinski definition) is 2. The Kier molecular flexibility index (Phi) is 5.36. The van der Waals surface area contributed by atoms with Crippen LogP contribution >= 0.6 is 15.9 Å². The lowest BCUT2D eigenvalue weighted by atomic mass is 10.1. The quantitative estimate of drug-likeness (QED) is 0.546. The van der Waals surface area contributed by atoms with Gasteiger partial charge >= 0.3 is 6.03 Å². The molecule has 1 aliphatic rings. The maximum absolute atomic E-state index is 12.9. The Labute approximate surface area is 177 Å². The third kappa shape index (κ3) is 4.32. The highest BCUT2D eigenvalue weighted by molar-refractivity contribution is 9.10. The molecule has 0 aliphatic carbocycles. The van der Waals surface area contributed by atoms with Gasteiger partial charge in [0, 0.05) is 33.6 Å². The van der Waals surface area contributed by atoms with E-state index in [1.54, 1.807) is 4.90 Å². The summed E-state index contributed by atoms with van der Waals surface area (Å²) in [7, 11) is 0. The zero-order valence-corrected chi connectivity index (χ0v) is 17.5. The van der Waals surface area contributed by atoms with Gasteiger partial charge in [-0.05, 0) is 61.4 Å². The number of rotatable bonds is 3. The van der Waals surface area contributed by atoms with E-state index in [0.29, 0.717) is 23.5 Å². The number of anilines is 3. The number of amides is 3. The predicted molar refractivity (Wildman–Crippen MR) is 120 cm³/mol. The topological polar surface area (TPSA) is 61.4 Å². The molecule has 3 amide bonds. The molecule has 146 valence electrons. The molecule has 0 saturated carbocycles. The summed E-state index contributed by atoms with van der Waals surface area (Å²) in [5, 5.41) is 5.65. The van der Waals surface area contributed by atoms with Crippen LogP contribution in [0.2, 0.25) is 0 Å². The number of benzene rings is 3. The van der Waals surface area contributed by atoms with Gasteiger partial charge in [0.25, 0.3) is 5.91 Å². The van der Waals surface area contributed by atoms with Crippen molar-refractivity contribution in [3.8, 4) is 0 Å². The van der Waals surface area contributed by atoms with Crippen LogP contribution in [0.25, 0.3) is 0 Å². The summed E-state index contributed by atoms with van der Waals surface area (Å²) >= 11 is 3.39. The van der Waals surface area contributed by atoms with E-state index in [-0.39, 0.29) is 11.9 Å². The average molecular weight is 450 g/mol. The zero-order valence-electron chi connectivity index (χ0n) is 15.9. The molecule has 0 atom stereocenters. The standard InChI is InChI=1S/C23H20BrN3O2/c1-15-5-7-17(8-6-15)22(28)27-12-11-16-9-10-20(14-21(16)27)26-23(29)25-19-4-2-3-18(24)13-19/h2-10,13-14H,11-12H2,1H3,(H2,25,26,29). The van der Waals surface area contributed by atoms with E-state index in [1.165, 1.54) is 0 Å². The molecule has 0 spiro atoms. The Hall–Kier alpha value is -3.12. The first-order valence-electron chi connectivity index (χ1n) is 9.34. The Morgan fingerprint density at radius 1 is 0.931 bits per heavy atom. The van der Waals surface area contributed by atoms with Crippen molar-refractivity contribution in [1.82, 2.24) is 0 Å². The molecule has 6 heteroatoms. The van der Waals surface area contributed by atoms with Gasteiger partial charge in [-0.15, -0.1) is 0 Å². The van der Waals surface area contributed by atoms with Gasteiger partial charge in [-0.3, -0.25) is 4.79 Å². The first-order valence-corrected chi connectivity index (χ1v) is 10.1. The van der Waals surface area contributed by atoms with Gasteiger partial charge < -0.3 is 15.5 Å².